The van der Waals surface area contributed by atoms with Crippen LogP contribution in [0, 0.1) is 11.7 Å². The normalized spacial score (nSPS) is 19.2. The highest BCUT2D eigenvalue weighted by atomic mass is 19.3. The van der Waals surface area contributed by atoms with E-state index < -0.39 is 35.2 Å². The lowest BCUT2D eigenvalue weighted by Crippen LogP contribution is -2.49. The summed E-state index contributed by atoms with van der Waals surface area (Å²) in [5.41, 5.74) is 10.3. The number of primary amides is 1. The SMILES string of the molecule is COc1cc(C(=O)NC[C@](O)(c2cc3c(c(-c4ccc(F)cc4)n2)OC[C@]3(C)C(N)=O)C2CCC2)cc(/C=N/C(F)F)c1N. The maximum atomic E-state index is 13.8. The number of rotatable bonds is 10. The molecule has 1 aliphatic carbocycles. The number of anilines is 1. The molecule has 0 radical (unpaired) electrons. The van der Waals surface area contributed by atoms with Crippen LogP contribution in [0.1, 0.15) is 53.4 Å². The Hall–Kier alpha value is -4.65. The fourth-order valence-electron chi connectivity index (χ4n) is 5.45. The lowest BCUT2D eigenvalue weighted by Gasteiger charge is -2.41. The third kappa shape index (κ3) is 5.54. The number of hydrogen-bond acceptors (Lipinski definition) is 8. The van der Waals surface area contributed by atoms with Gasteiger partial charge in [-0.05, 0) is 68.1 Å². The number of aliphatic imine (C=N–C) groups is 1. The van der Waals surface area contributed by atoms with Crippen molar-refractivity contribution in [1.82, 2.24) is 10.3 Å². The van der Waals surface area contributed by atoms with Gasteiger partial charge in [-0.25, -0.2) is 14.4 Å². The first kappa shape index (κ1) is 30.8. The fraction of sp³-hybridized carbons (Fsp3) is 0.355. The zero-order valence-electron chi connectivity index (χ0n) is 24.1. The third-order valence-corrected chi connectivity index (χ3v) is 8.46. The number of halogens is 3. The highest BCUT2D eigenvalue weighted by molar-refractivity contribution is 5.99. The minimum absolute atomic E-state index is 0.0230. The van der Waals surface area contributed by atoms with Crippen LogP contribution in [0.5, 0.6) is 11.5 Å². The van der Waals surface area contributed by atoms with Gasteiger partial charge >= 0.3 is 6.55 Å². The molecule has 2 amide bonds. The molecule has 13 heteroatoms. The molecule has 232 valence electrons. The van der Waals surface area contributed by atoms with Gasteiger partial charge in [-0.3, -0.25) is 9.59 Å². The average molecular weight is 612 g/mol. The van der Waals surface area contributed by atoms with E-state index in [4.69, 9.17) is 25.9 Å². The molecular weight excluding hydrogens is 579 g/mol. The minimum atomic E-state index is -2.98. The number of carbonyl (C=O) groups excluding carboxylic acids is 2. The second kappa shape index (κ2) is 11.8. The van der Waals surface area contributed by atoms with Gasteiger partial charge in [0.25, 0.3) is 5.91 Å². The van der Waals surface area contributed by atoms with Crippen LogP contribution in [0.15, 0.2) is 47.5 Å². The van der Waals surface area contributed by atoms with Gasteiger partial charge in [-0.15, -0.1) is 0 Å². The Morgan fingerprint density at radius 2 is 1.98 bits per heavy atom. The number of carbonyl (C=O) groups is 2. The second-order valence-electron chi connectivity index (χ2n) is 11.2. The quantitative estimate of drug-likeness (QED) is 0.154. The van der Waals surface area contributed by atoms with Crippen LogP contribution in [0.25, 0.3) is 11.3 Å². The van der Waals surface area contributed by atoms with Gasteiger partial charge in [0.2, 0.25) is 5.91 Å². The predicted molar refractivity (Wildman–Crippen MR) is 156 cm³/mol. The first-order chi connectivity index (χ1) is 20.9. The van der Waals surface area contributed by atoms with E-state index in [-0.39, 0.29) is 53.0 Å². The molecule has 1 aliphatic heterocycles. The van der Waals surface area contributed by atoms with Crippen molar-refractivity contribution in [2.45, 2.75) is 43.8 Å². The van der Waals surface area contributed by atoms with Crippen LogP contribution in [0.2, 0.25) is 0 Å². The van der Waals surface area contributed by atoms with E-state index in [1.807, 2.05) is 0 Å². The lowest BCUT2D eigenvalue weighted by atomic mass is 9.70. The Bertz CT molecular complexity index is 1630. The number of methoxy groups -OCH3 is 1. The maximum Gasteiger partial charge on any atom is 0.331 e. The van der Waals surface area contributed by atoms with Crippen molar-refractivity contribution in [3.63, 3.8) is 0 Å². The summed E-state index contributed by atoms with van der Waals surface area (Å²) in [6.07, 6.45) is 2.99. The van der Waals surface area contributed by atoms with Crippen LogP contribution in [-0.2, 0) is 15.8 Å². The molecule has 1 fully saturated rings. The summed E-state index contributed by atoms with van der Waals surface area (Å²) in [6.45, 7) is -1.68. The number of nitrogens with one attached hydrogen (secondary N) is 1. The third-order valence-electron chi connectivity index (χ3n) is 8.46. The van der Waals surface area contributed by atoms with Gasteiger partial charge in [0, 0.05) is 28.5 Å². The molecule has 0 unspecified atom stereocenters. The largest absolute Gasteiger partial charge is 0.495 e. The molecule has 1 saturated carbocycles. The topological polar surface area (TPSA) is 162 Å². The van der Waals surface area contributed by atoms with Crippen molar-refractivity contribution in [2.75, 3.05) is 26.0 Å². The number of benzene rings is 2. The number of nitrogens with two attached hydrogens (primary N) is 2. The summed E-state index contributed by atoms with van der Waals surface area (Å²) in [5, 5.41) is 15.0. The first-order valence-electron chi connectivity index (χ1n) is 13.9. The van der Waals surface area contributed by atoms with Crippen LogP contribution >= 0.6 is 0 Å². The molecule has 0 bridgehead atoms. The Labute approximate surface area is 251 Å². The molecule has 2 aromatic carbocycles. The van der Waals surface area contributed by atoms with E-state index in [0.717, 1.165) is 12.6 Å². The van der Waals surface area contributed by atoms with E-state index in [0.29, 0.717) is 29.7 Å². The van der Waals surface area contributed by atoms with Crippen LogP contribution < -0.4 is 26.3 Å². The summed E-state index contributed by atoms with van der Waals surface area (Å²) in [7, 11) is 1.32. The van der Waals surface area contributed by atoms with Gasteiger partial charge in [0.1, 0.15) is 40.6 Å². The van der Waals surface area contributed by atoms with E-state index in [2.05, 4.69) is 10.3 Å². The smallest absolute Gasteiger partial charge is 0.331 e. The molecule has 0 spiro atoms. The van der Waals surface area contributed by atoms with E-state index in [1.54, 1.807) is 13.0 Å². The van der Waals surface area contributed by atoms with Crippen molar-refractivity contribution in [3.8, 4) is 22.8 Å². The molecule has 44 heavy (non-hydrogen) atoms. The highest BCUT2D eigenvalue weighted by Gasteiger charge is 2.48. The number of nitrogens with zero attached hydrogens (tertiary/aromatic N) is 2. The predicted octanol–water partition coefficient (Wildman–Crippen LogP) is 3.67. The zero-order valence-corrected chi connectivity index (χ0v) is 24.1. The first-order valence-corrected chi connectivity index (χ1v) is 13.9. The summed E-state index contributed by atoms with van der Waals surface area (Å²) in [4.78, 5) is 33.8. The number of aliphatic hydroxyl groups is 1. The van der Waals surface area contributed by atoms with Gasteiger partial charge in [0.15, 0.2) is 0 Å². The number of aromatic nitrogens is 1. The van der Waals surface area contributed by atoms with Crippen molar-refractivity contribution in [3.05, 3.63) is 70.7 Å². The molecule has 2 atom stereocenters. The molecule has 10 nitrogen and oxygen atoms in total. The number of alkyl halides is 2. The average Bonchev–Trinajstić information content (AvgIpc) is 3.32. The Morgan fingerprint density at radius 3 is 2.57 bits per heavy atom. The summed E-state index contributed by atoms with van der Waals surface area (Å²) in [6, 6.07) is 9.77. The number of pyridine rings is 1. The molecule has 0 saturated heterocycles. The summed E-state index contributed by atoms with van der Waals surface area (Å²) >= 11 is 0. The van der Waals surface area contributed by atoms with E-state index in [1.165, 1.54) is 43.5 Å². The monoisotopic (exact) mass is 611 g/mol. The fourth-order valence-corrected chi connectivity index (χ4v) is 5.45. The van der Waals surface area contributed by atoms with E-state index in [9.17, 15) is 27.9 Å². The Balaban J connectivity index is 1.55. The van der Waals surface area contributed by atoms with E-state index >= 15 is 0 Å². The Kier molecular flexibility index (Phi) is 8.25. The standard InChI is InChI=1S/C31H32F3N5O5/c1-30(28(36)41)15-44-26-21(30)12-23(39-25(26)16-6-8-20(32)9-7-16)31(42,19-4-3-5-19)14-38-27(40)17-10-18(13-37-29(33)34)24(35)22(11-17)43-2/h6-13,19,29,42H,3-5,14-15,35H2,1-2H3,(H2,36,41)(H,38,40)/b37-13+/t30-,31+/m0/s1. The lowest BCUT2D eigenvalue weighted by molar-refractivity contribution is -0.123. The molecule has 5 rings (SSSR count). The van der Waals surface area contributed by atoms with Crippen LogP contribution in [-0.4, -0.2) is 54.9 Å². The Morgan fingerprint density at radius 1 is 1.27 bits per heavy atom. The molecule has 1 aromatic heterocycles. The van der Waals surface area contributed by atoms with Gasteiger partial charge in [-0.2, -0.15) is 8.78 Å². The summed E-state index contributed by atoms with van der Waals surface area (Å²) < 4.78 is 50.3. The van der Waals surface area contributed by atoms with Crippen molar-refractivity contribution < 1.29 is 37.3 Å². The maximum absolute atomic E-state index is 13.8. The molecule has 2 heterocycles. The van der Waals surface area contributed by atoms with Gasteiger partial charge in [-0.1, -0.05) is 6.42 Å². The molecular formula is C31H32F3N5O5. The molecule has 6 N–H and O–H groups in total. The van der Waals surface area contributed by atoms with Gasteiger partial charge in [0.05, 0.1) is 25.0 Å². The number of nitrogen functional groups attached to an aromatic ring is 1. The highest BCUT2D eigenvalue weighted by Crippen LogP contribution is 2.48. The number of ether oxygens (including phenoxy) is 2. The number of fused-ring (bicyclic) bond motifs is 1. The number of hydrogen-bond donors (Lipinski definition) is 4. The second-order valence-corrected chi connectivity index (χ2v) is 11.2. The van der Waals surface area contributed by atoms with Gasteiger partial charge < -0.3 is 31.4 Å². The number of amides is 2. The minimum Gasteiger partial charge on any atom is -0.495 e. The molecule has 2 aliphatic rings. The molecule has 3 aromatic rings. The summed E-state index contributed by atoms with van der Waals surface area (Å²) in [5.74, 6) is -1.65. The van der Waals surface area contributed by atoms with Crippen molar-refractivity contribution in [2.24, 2.45) is 16.6 Å². The van der Waals surface area contributed by atoms with Crippen molar-refractivity contribution >= 4 is 23.7 Å². The van der Waals surface area contributed by atoms with Crippen LogP contribution in [0.3, 0.4) is 0 Å². The van der Waals surface area contributed by atoms with Crippen molar-refractivity contribution in [1.29, 1.82) is 0 Å². The zero-order chi connectivity index (χ0) is 31.8. The van der Waals surface area contributed by atoms with Crippen LogP contribution in [0.4, 0.5) is 18.9 Å².